The van der Waals surface area contributed by atoms with Crippen LogP contribution in [0.3, 0.4) is 0 Å². The predicted molar refractivity (Wildman–Crippen MR) is 98.2 cm³/mol. The highest BCUT2D eigenvalue weighted by Crippen LogP contribution is 2.18. The SMILES string of the molecule is NNC(=O)CCc1ccc(OCCc2coc(-c3ccccc3)n2)cc1. The van der Waals surface area contributed by atoms with Crippen LogP contribution in [0.4, 0.5) is 0 Å². The van der Waals surface area contributed by atoms with Crippen molar-refractivity contribution in [3.63, 3.8) is 0 Å². The summed E-state index contributed by atoms with van der Waals surface area (Å²) >= 11 is 0. The van der Waals surface area contributed by atoms with E-state index in [0.29, 0.717) is 31.8 Å². The molecular weight excluding hydrogens is 330 g/mol. The molecule has 3 aromatic rings. The van der Waals surface area contributed by atoms with Gasteiger partial charge in [-0.25, -0.2) is 10.8 Å². The number of carbonyl (C=O) groups is 1. The molecule has 1 aromatic heterocycles. The summed E-state index contributed by atoms with van der Waals surface area (Å²) in [6.45, 7) is 0.510. The van der Waals surface area contributed by atoms with Crippen LogP contribution in [0, 0.1) is 0 Å². The second kappa shape index (κ2) is 8.82. The number of hydrogen-bond acceptors (Lipinski definition) is 5. The van der Waals surface area contributed by atoms with Crippen LogP contribution in [0.25, 0.3) is 11.5 Å². The van der Waals surface area contributed by atoms with E-state index in [1.807, 2.05) is 54.6 Å². The average Bonchev–Trinajstić information content (AvgIpc) is 3.17. The summed E-state index contributed by atoms with van der Waals surface area (Å²) in [6, 6.07) is 17.5. The topological polar surface area (TPSA) is 90.4 Å². The molecular formula is C20H21N3O3. The number of ether oxygens (including phenoxy) is 1. The van der Waals surface area contributed by atoms with Gasteiger partial charge in [-0.3, -0.25) is 10.2 Å². The maximum Gasteiger partial charge on any atom is 0.234 e. The van der Waals surface area contributed by atoms with Crippen molar-refractivity contribution in [1.29, 1.82) is 0 Å². The fraction of sp³-hybridized carbons (Fsp3) is 0.200. The molecule has 6 nitrogen and oxygen atoms in total. The highest BCUT2D eigenvalue weighted by atomic mass is 16.5. The predicted octanol–water partition coefficient (Wildman–Crippen LogP) is 2.89. The van der Waals surface area contributed by atoms with Gasteiger partial charge in [0.05, 0.1) is 12.3 Å². The number of carbonyl (C=O) groups excluding carboxylic acids is 1. The molecule has 3 N–H and O–H groups in total. The number of nitrogens with one attached hydrogen (secondary N) is 1. The first-order chi connectivity index (χ1) is 12.7. The van der Waals surface area contributed by atoms with Crippen LogP contribution in [0.2, 0.25) is 0 Å². The quantitative estimate of drug-likeness (QED) is 0.370. The van der Waals surface area contributed by atoms with Crippen molar-refractivity contribution >= 4 is 5.91 Å². The van der Waals surface area contributed by atoms with Crippen LogP contribution >= 0.6 is 0 Å². The van der Waals surface area contributed by atoms with Gasteiger partial charge in [0.1, 0.15) is 12.0 Å². The van der Waals surface area contributed by atoms with E-state index in [0.717, 1.165) is 22.6 Å². The molecule has 6 heteroatoms. The zero-order chi connectivity index (χ0) is 18.2. The van der Waals surface area contributed by atoms with E-state index < -0.39 is 0 Å². The van der Waals surface area contributed by atoms with E-state index >= 15 is 0 Å². The van der Waals surface area contributed by atoms with E-state index in [4.69, 9.17) is 15.0 Å². The lowest BCUT2D eigenvalue weighted by molar-refractivity contribution is -0.121. The van der Waals surface area contributed by atoms with Gasteiger partial charge in [0, 0.05) is 18.4 Å². The van der Waals surface area contributed by atoms with Gasteiger partial charge < -0.3 is 9.15 Å². The molecule has 0 atom stereocenters. The lowest BCUT2D eigenvalue weighted by Crippen LogP contribution is -2.30. The molecule has 0 spiro atoms. The lowest BCUT2D eigenvalue weighted by atomic mass is 10.1. The Labute approximate surface area is 152 Å². The summed E-state index contributed by atoms with van der Waals surface area (Å²) in [5, 5.41) is 0. The van der Waals surface area contributed by atoms with E-state index in [9.17, 15) is 4.79 Å². The van der Waals surface area contributed by atoms with E-state index in [-0.39, 0.29) is 5.91 Å². The maximum atomic E-state index is 11.1. The van der Waals surface area contributed by atoms with Crippen LogP contribution in [-0.4, -0.2) is 17.5 Å². The van der Waals surface area contributed by atoms with Crippen molar-refractivity contribution in [2.45, 2.75) is 19.3 Å². The molecule has 0 aliphatic heterocycles. The van der Waals surface area contributed by atoms with Crippen LogP contribution in [-0.2, 0) is 17.6 Å². The third-order valence-corrected chi connectivity index (χ3v) is 3.92. The second-order valence-electron chi connectivity index (χ2n) is 5.82. The van der Waals surface area contributed by atoms with Gasteiger partial charge in [-0.1, -0.05) is 30.3 Å². The Morgan fingerprint density at radius 3 is 2.58 bits per heavy atom. The zero-order valence-electron chi connectivity index (χ0n) is 14.4. The van der Waals surface area contributed by atoms with E-state index in [1.165, 1.54) is 0 Å². The molecule has 0 saturated heterocycles. The Morgan fingerprint density at radius 2 is 1.85 bits per heavy atom. The van der Waals surface area contributed by atoms with Crippen LogP contribution < -0.4 is 16.0 Å². The number of nitrogens with two attached hydrogens (primary N) is 1. The first kappa shape index (κ1) is 17.7. The third kappa shape index (κ3) is 4.94. The van der Waals surface area contributed by atoms with Crippen molar-refractivity contribution in [3.05, 3.63) is 72.1 Å². The third-order valence-electron chi connectivity index (χ3n) is 3.92. The highest BCUT2D eigenvalue weighted by Gasteiger charge is 2.06. The Balaban J connectivity index is 1.46. The molecule has 0 unspecified atom stereocenters. The fourth-order valence-corrected chi connectivity index (χ4v) is 2.49. The molecule has 0 aliphatic rings. The van der Waals surface area contributed by atoms with Crippen molar-refractivity contribution in [1.82, 2.24) is 10.4 Å². The number of oxazole rings is 1. The van der Waals surface area contributed by atoms with Crippen molar-refractivity contribution < 1.29 is 13.9 Å². The molecule has 26 heavy (non-hydrogen) atoms. The number of benzene rings is 2. The van der Waals surface area contributed by atoms with Crippen molar-refractivity contribution in [3.8, 4) is 17.2 Å². The Hall–Kier alpha value is -3.12. The van der Waals surface area contributed by atoms with Gasteiger partial charge in [0.15, 0.2) is 0 Å². The number of amides is 1. The van der Waals surface area contributed by atoms with Crippen molar-refractivity contribution in [2.75, 3.05) is 6.61 Å². The minimum Gasteiger partial charge on any atom is -0.493 e. The molecule has 3 rings (SSSR count). The first-order valence-electron chi connectivity index (χ1n) is 8.45. The Kier molecular flexibility index (Phi) is 6.01. The molecule has 134 valence electrons. The number of aromatic nitrogens is 1. The van der Waals surface area contributed by atoms with Gasteiger partial charge >= 0.3 is 0 Å². The van der Waals surface area contributed by atoms with E-state index in [2.05, 4.69) is 10.4 Å². The van der Waals surface area contributed by atoms with Gasteiger partial charge in [-0.05, 0) is 36.2 Å². The molecule has 0 saturated carbocycles. The Morgan fingerprint density at radius 1 is 1.08 bits per heavy atom. The summed E-state index contributed by atoms with van der Waals surface area (Å²) in [7, 11) is 0. The normalized spacial score (nSPS) is 10.5. The number of hydrazine groups is 1. The summed E-state index contributed by atoms with van der Waals surface area (Å²) < 4.78 is 11.3. The molecule has 2 aromatic carbocycles. The molecule has 0 radical (unpaired) electrons. The summed E-state index contributed by atoms with van der Waals surface area (Å²) in [6.07, 6.45) is 3.34. The molecule has 0 bridgehead atoms. The minimum absolute atomic E-state index is 0.173. The highest BCUT2D eigenvalue weighted by molar-refractivity contribution is 5.75. The first-order valence-corrected chi connectivity index (χ1v) is 8.45. The van der Waals surface area contributed by atoms with Crippen LogP contribution in [0.1, 0.15) is 17.7 Å². The largest absolute Gasteiger partial charge is 0.493 e. The molecule has 0 aliphatic carbocycles. The summed E-state index contributed by atoms with van der Waals surface area (Å²) in [5.41, 5.74) is 5.00. The van der Waals surface area contributed by atoms with Gasteiger partial charge in [-0.15, -0.1) is 0 Å². The fourth-order valence-electron chi connectivity index (χ4n) is 2.49. The van der Waals surface area contributed by atoms with Crippen LogP contribution in [0.5, 0.6) is 5.75 Å². The number of rotatable bonds is 8. The Bertz CT molecular complexity index is 829. The lowest BCUT2D eigenvalue weighted by Gasteiger charge is -2.06. The van der Waals surface area contributed by atoms with Gasteiger partial charge in [0.2, 0.25) is 11.8 Å². The molecule has 0 fully saturated rings. The monoisotopic (exact) mass is 351 g/mol. The van der Waals surface area contributed by atoms with Gasteiger partial charge in [-0.2, -0.15) is 0 Å². The molecule has 1 heterocycles. The maximum absolute atomic E-state index is 11.1. The van der Waals surface area contributed by atoms with E-state index in [1.54, 1.807) is 6.26 Å². The molecule has 1 amide bonds. The smallest absolute Gasteiger partial charge is 0.234 e. The standard InChI is InChI=1S/C20H21N3O3/c21-23-19(24)11-8-15-6-9-18(10-7-15)25-13-12-17-14-26-20(22-17)16-4-2-1-3-5-16/h1-7,9-10,14H,8,11-13,21H2,(H,23,24). The number of hydrogen-bond donors (Lipinski definition) is 2. The number of aryl methyl sites for hydroxylation is 1. The average molecular weight is 351 g/mol. The minimum atomic E-state index is -0.173. The van der Waals surface area contributed by atoms with Crippen LogP contribution in [0.15, 0.2) is 65.3 Å². The summed E-state index contributed by atoms with van der Waals surface area (Å²) in [4.78, 5) is 15.6. The number of nitrogens with zero attached hydrogens (tertiary/aromatic N) is 1. The van der Waals surface area contributed by atoms with Gasteiger partial charge in [0.25, 0.3) is 0 Å². The summed E-state index contributed by atoms with van der Waals surface area (Å²) in [5.74, 6) is 6.29. The zero-order valence-corrected chi connectivity index (χ0v) is 14.4. The van der Waals surface area contributed by atoms with Crippen molar-refractivity contribution in [2.24, 2.45) is 5.84 Å². The second-order valence-corrected chi connectivity index (χ2v) is 5.82.